The van der Waals surface area contributed by atoms with E-state index in [0.29, 0.717) is 0 Å². The van der Waals surface area contributed by atoms with E-state index in [1.54, 1.807) is 0 Å². The summed E-state index contributed by atoms with van der Waals surface area (Å²) in [6, 6.07) is 0. The highest BCUT2D eigenvalue weighted by atomic mass is 19.4. The Labute approximate surface area is 78.5 Å². The van der Waals surface area contributed by atoms with E-state index in [2.05, 4.69) is 17.9 Å². The zero-order valence-corrected chi connectivity index (χ0v) is 7.10. The van der Waals surface area contributed by atoms with Gasteiger partial charge in [-0.25, -0.2) is 0 Å². The Kier molecular flexibility index (Phi) is 4.48. The molecular formula is C8H8F3NO2. The van der Waals surface area contributed by atoms with Crippen LogP contribution in [0.4, 0.5) is 13.2 Å². The molecule has 0 spiro atoms. The van der Waals surface area contributed by atoms with Gasteiger partial charge in [0.2, 0.25) is 6.41 Å². The minimum atomic E-state index is -4.83. The molecule has 0 aromatic carbocycles. The van der Waals surface area contributed by atoms with E-state index in [1.165, 1.54) is 0 Å². The number of hydrogen-bond acceptors (Lipinski definition) is 2. The molecule has 0 fully saturated rings. The summed E-state index contributed by atoms with van der Waals surface area (Å²) in [6.07, 6.45) is -2.79. The van der Waals surface area contributed by atoms with Crippen molar-refractivity contribution in [3.8, 4) is 0 Å². The van der Waals surface area contributed by atoms with Gasteiger partial charge in [-0.15, -0.1) is 13.2 Å². The predicted molar refractivity (Wildman–Crippen MR) is 43.8 cm³/mol. The molecule has 3 nitrogen and oxygen atoms in total. The molecule has 0 aliphatic carbocycles. The van der Waals surface area contributed by atoms with E-state index in [9.17, 15) is 18.0 Å². The SMILES string of the molecule is C=C/C(NC=O)=C(\C=C)OC(F)(F)F. The first-order chi connectivity index (χ1) is 6.44. The van der Waals surface area contributed by atoms with E-state index in [1.807, 2.05) is 5.32 Å². The third kappa shape index (κ3) is 4.34. The zero-order valence-electron chi connectivity index (χ0n) is 7.10. The van der Waals surface area contributed by atoms with E-state index in [4.69, 9.17) is 0 Å². The van der Waals surface area contributed by atoms with Gasteiger partial charge in [-0.05, 0) is 12.2 Å². The maximum atomic E-state index is 11.8. The number of carbonyl (C=O) groups excluding carboxylic acids is 1. The third-order valence-corrected chi connectivity index (χ3v) is 1.10. The summed E-state index contributed by atoms with van der Waals surface area (Å²) in [6.45, 7) is 6.31. The molecule has 78 valence electrons. The number of hydrogen-bond donors (Lipinski definition) is 1. The Morgan fingerprint density at radius 2 is 1.86 bits per heavy atom. The van der Waals surface area contributed by atoms with E-state index < -0.39 is 12.1 Å². The molecule has 0 saturated carbocycles. The predicted octanol–water partition coefficient (Wildman–Crippen LogP) is 1.85. The molecule has 0 heterocycles. The van der Waals surface area contributed by atoms with Crippen LogP contribution in [0.25, 0.3) is 0 Å². The van der Waals surface area contributed by atoms with Gasteiger partial charge >= 0.3 is 6.36 Å². The van der Waals surface area contributed by atoms with Gasteiger partial charge in [0.15, 0.2) is 5.76 Å². The van der Waals surface area contributed by atoms with Crippen molar-refractivity contribution in [1.82, 2.24) is 5.32 Å². The average Bonchev–Trinajstić information content (AvgIpc) is 2.09. The van der Waals surface area contributed by atoms with Crippen LogP contribution in [0.1, 0.15) is 0 Å². The summed E-state index contributed by atoms with van der Waals surface area (Å²) >= 11 is 0. The van der Waals surface area contributed by atoms with Gasteiger partial charge in [0.05, 0.1) is 5.70 Å². The zero-order chi connectivity index (χ0) is 11.2. The fraction of sp³-hybridized carbons (Fsp3) is 0.125. The fourth-order valence-corrected chi connectivity index (χ4v) is 0.625. The molecular weight excluding hydrogens is 199 g/mol. The van der Waals surface area contributed by atoms with Crippen LogP contribution in [0.15, 0.2) is 36.8 Å². The van der Waals surface area contributed by atoms with Crippen molar-refractivity contribution in [2.24, 2.45) is 0 Å². The highest BCUT2D eigenvalue weighted by Gasteiger charge is 2.32. The van der Waals surface area contributed by atoms with Gasteiger partial charge in [-0.2, -0.15) is 0 Å². The molecule has 0 saturated heterocycles. The number of nitrogens with one attached hydrogen (secondary N) is 1. The monoisotopic (exact) mass is 207 g/mol. The van der Waals surface area contributed by atoms with Gasteiger partial charge in [0.1, 0.15) is 0 Å². The number of alkyl halides is 3. The Hall–Kier alpha value is -1.72. The van der Waals surface area contributed by atoms with E-state index >= 15 is 0 Å². The molecule has 0 bridgehead atoms. The topological polar surface area (TPSA) is 38.3 Å². The van der Waals surface area contributed by atoms with Crippen molar-refractivity contribution in [1.29, 1.82) is 0 Å². The first-order valence-electron chi connectivity index (χ1n) is 3.39. The van der Waals surface area contributed by atoms with Gasteiger partial charge in [0.25, 0.3) is 0 Å². The lowest BCUT2D eigenvalue weighted by Gasteiger charge is -2.11. The smallest absolute Gasteiger partial charge is 0.404 e. The summed E-state index contributed by atoms with van der Waals surface area (Å²) in [5.41, 5.74) is -0.202. The quantitative estimate of drug-likeness (QED) is 0.424. The van der Waals surface area contributed by atoms with Crippen LogP contribution < -0.4 is 5.32 Å². The molecule has 0 aromatic rings. The molecule has 1 amide bonds. The summed E-state index contributed by atoms with van der Waals surface area (Å²) in [7, 11) is 0. The second kappa shape index (κ2) is 5.11. The third-order valence-electron chi connectivity index (χ3n) is 1.10. The van der Waals surface area contributed by atoms with Crippen LogP contribution in [0.3, 0.4) is 0 Å². The molecule has 0 radical (unpaired) electrons. The normalized spacial score (nSPS) is 12.5. The molecule has 6 heteroatoms. The van der Waals surface area contributed by atoms with Crippen LogP contribution in [-0.4, -0.2) is 12.8 Å². The maximum absolute atomic E-state index is 11.8. The Bertz CT molecular complexity index is 268. The summed E-state index contributed by atoms with van der Waals surface area (Å²) in [4.78, 5) is 10.00. The summed E-state index contributed by atoms with van der Waals surface area (Å²) in [5, 5.41) is 1.99. The van der Waals surface area contributed by atoms with Crippen molar-refractivity contribution < 1.29 is 22.7 Å². The summed E-state index contributed by atoms with van der Waals surface area (Å²) < 4.78 is 38.9. The van der Waals surface area contributed by atoms with Crippen molar-refractivity contribution in [3.63, 3.8) is 0 Å². The first kappa shape index (κ1) is 12.3. The molecule has 0 atom stereocenters. The lowest BCUT2D eigenvalue weighted by atomic mass is 10.3. The second-order valence-corrected chi connectivity index (χ2v) is 2.00. The molecule has 0 aliphatic heterocycles. The largest absolute Gasteiger partial charge is 0.573 e. The van der Waals surface area contributed by atoms with Crippen LogP contribution in [0.2, 0.25) is 0 Å². The van der Waals surface area contributed by atoms with Gasteiger partial charge in [-0.1, -0.05) is 13.2 Å². The lowest BCUT2D eigenvalue weighted by molar-refractivity contribution is -0.303. The lowest BCUT2D eigenvalue weighted by Crippen LogP contribution is -2.17. The molecule has 0 unspecified atom stereocenters. The number of allylic oxidation sites excluding steroid dienone is 2. The van der Waals surface area contributed by atoms with E-state index in [0.717, 1.165) is 12.2 Å². The minimum Gasteiger partial charge on any atom is -0.404 e. The Morgan fingerprint density at radius 1 is 1.29 bits per heavy atom. The first-order valence-corrected chi connectivity index (χ1v) is 3.39. The fourth-order valence-electron chi connectivity index (χ4n) is 0.625. The average molecular weight is 207 g/mol. The number of rotatable bonds is 5. The van der Waals surface area contributed by atoms with Crippen LogP contribution >= 0.6 is 0 Å². The highest BCUT2D eigenvalue weighted by Crippen LogP contribution is 2.22. The number of ether oxygens (including phenoxy) is 1. The number of carbonyl (C=O) groups is 1. The van der Waals surface area contributed by atoms with Crippen molar-refractivity contribution >= 4 is 6.41 Å². The molecule has 1 N–H and O–H groups in total. The van der Waals surface area contributed by atoms with Gasteiger partial charge < -0.3 is 10.1 Å². The van der Waals surface area contributed by atoms with E-state index in [-0.39, 0.29) is 12.1 Å². The van der Waals surface area contributed by atoms with Gasteiger partial charge in [0, 0.05) is 0 Å². The van der Waals surface area contributed by atoms with Crippen molar-refractivity contribution in [2.45, 2.75) is 6.36 Å². The number of amides is 1. The van der Waals surface area contributed by atoms with Crippen LogP contribution in [0, 0.1) is 0 Å². The summed E-state index contributed by atoms with van der Waals surface area (Å²) in [5.74, 6) is -0.611. The molecule has 14 heavy (non-hydrogen) atoms. The highest BCUT2D eigenvalue weighted by molar-refractivity contribution is 5.52. The maximum Gasteiger partial charge on any atom is 0.573 e. The van der Waals surface area contributed by atoms with Crippen molar-refractivity contribution in [3.05, 3.63) is 36.8 Å². The molecule has 0 aliphatic rings. The van der Waals surface area contributed by atoms with Crippen molar-refractivity contribution in [2.75, 3.05) is 0 Å². The minimum absolute atomic E-state index is 0.202. The number of halogens is 3. The molecule has 0 aromatic heterocycles. The molecule has 0 rings (SSSR count). The Morgan fingerprint density at radius 3 is 2.14 bits per heavy atom. The standard InChI is InChI=1S/C8H8F3NO2/c1-3-6(12-5-13)7(4-2)14-8(9,10)11/h3-5H,1-2H2,(H,12,13)/b7-6-. The Balaban J connectivity index is 4.88. The van der Waals surface area contributed by atoms with Gasteiger partial charge in [-0.3, -0.25) is 4.79 Å². The van der Waals surface area contributed by atoms with Crippen LogP contribution in [-0.2, 0) is 9.53 Å². The van der Waals surface area contributed by atoms with Crippen LogP contribution in [0.5, 0.6) is 0 Å². The second-order valence-electron chi connectivity index (χ2n) is 2.00.